The van der Waals surface area contributed by atoms with Gasteiger partial charge in [-0.3, -0.25) is 4.79 Å². The van der Waals surface area contributed by atoms with Gasteiger partial charge in [0.1, 0.15) is 5.75 Å². The molecule has 100 valence electrons. The summed E-state index contributed by atoms with van der Waals surface area (Å²) in [6.07, 6.45) is 5.33. The van der Waals surface area contributed by atoms with E-state index in [1.165, 1.54) is 12.8 Å². The van der Waals surface area contributed by atoms with Gasteiger partial charge in [-0.15, -0.1) is 0 Å². The largest absolute Gasteiger partial charge is 0.497 e. The fourth-order valence-corrected chi connectivity index (χ4v) is 2.10. The molecule has 0 saturated carbocycles. The number of hydrogen-bond donors (Lipinski definition) is 0. The van der Waals surface area contributed by atoms with Gasteiger partial charge in [-0.25, -0.2) is 0 Å². The Morgan fingerprint density at radius 3 is 2.39 bits per heavy atom. The summed E-state index contributed by atoms with van der Waals surface area (Å²) in [5, 5.41) is 0. The Kier molecular flexibility index (Phi) is 6.48. The number of hydrogen-bond acceptors (Lipinski definition) is 2. The Morgan fingerprint density at radius 2 is 1.89 bits per heavy atom. The smallest absolute Gasteiger partial charge is 0.163 e. The van der Waals surface area contributed by atoms with E-state index in [0.717, 1.165) is 24.2 Å². The molecule has 0 aromatic heterocycles. The molecule has 1 aromatic carbocycles. The van der Waals surface area contributed by atoms with E-state index in [9.17, 15) is 4.79 Å². The molecule has 0 aliphatic heterocycles. The molecule has 0 N–H and O–H groups in total. The lowest BCUT2D eigenvalue weighted by Gasteiger charge is -2.13. The maximum absolute atomic E-state index is 12.1. The zero-order valence-corrected chi connectivity index (χ0v) is 11.7. The first-order valence-corrected chi connectivity index (χ1v) is 6.88. The van der Waals surface area contributed by atoms with Crippen molar-refractivity contribution in [1.29, 1.82) is 0 Å². The van der Waals surface area contributed by atoms with Gasteiger partial charge in [0.15, 0.2) is 5.78 Å². The highest BCUT2D eigenvalue weighted by atomic mass is 16.5. The van der Waals surface area contributed by atoms with Gasteiger partial charge in [0.2, 0.25) is 0 Å². The molecular formula is C16H24O2. The molecule has 2 nitrogen and oxygen atoms in total. The fourth-order valence-electron chi connectivity index (χ4n) is 2.10. The normalized spacial score (nSPS) is 12.2. The molecule has 0 radical (unpaired) electrons. The zero-order valence-electron chi connectivity index (χ0n) is 11.7. The third kappa shape index (κ3) is 4.52. The number of carbonyl (C=O) groups is 1. The molecule has 0 spiro atoms. The summed E-state index contributed by atoms with van der Waals surface area (Å²) < 4.78 is 5.09. The lowest BCUT2D eigenvalue weighted by atomic mass is 9.91. The molecule has 1 aromatic rings. The lowest BCUT2D eigenvalue weighted by molar-refractivity contribution is 0.0957. The van der Waals surface area contributed by atoms with Crippen molar-refractivity contribution in [2.24, 2.45) is 5.92 Å². The fraction of sp³-hybridized carbons (Fsp3) is 0.562. The average Bonchev–Trinajstić information content (AvgIpc) is 2.43. The second kappa shape index (κ2) is 7.91. The molecule has 2 heteroatoms. The van der Waals surface area contributed by atoms with Crippen molar-refractivity contribution in [3.8, 4) is 5.75 Å². The molecule has 0 aliphatic rings. The predicted octanol–water partition coefficient (Wildman–Crippen LogP) is 4.48. The molecule has 18 heavy (non-hydrogen) atoms. The monoisotopic (exact) mass is 248 g/mol. The number of ketones is 1. The van der Waals surface area contributed by atoms with Crippen LogP contribution in [-0.4, -0.2) is 12.9 Å². The molecule has 0 heterocycles. The minimum Gasteiger partial charge on any atom is -0.497 e. The number of carbonyl (C=O) groups excluding carboxylic acids is 1. The van der Waals surface area contributed by atoms with Crippen LogP contribution < -0.4 is 4.74 Å². The number of benzene rings is 1. The summed E-state index contributed by atoms with van der Waals surface area (Å²) in [5.74, 6) is 1.57. The maximum atomic E-state index is 12.1. The van der Waals surface area contributed by atoms with E-state index in [0.29, 0.717) is 12.3 Å². The maximum Gasteiger partial charge on any atom is 0.163 e. The van der Waals surface area contributed by atoms with Gasteiger partial charge in [0.05, 0.1) is 7.11 Å². The Balaban J connectivity index is 2.56. The molecular weight excluding hydrogens is 224 g/mol. The van der Waals surface area contributed by atoms with Gasteiger partial charge in [0, 0.05) is 12.0 Å². The number of unbranched alkanes of at least 4 members (excludes halogenated alkanes) is 1. The Bertz CT molecular complexity index is 354. The molecule has 0 saturated heterocycles. The van der Waals surface area contributed by atoms with Crippen molar-refractivity contribution in [2.45, 2.75) is 46.0 Å². The lowest BCUT2D eigenvalue weighted by Crippen LogP contribution is -2.08. The van der Waals surface area contributed by atoms with Crippen LogP contribution in [0.1, 0.15) is 56.3 Å². The van der Waals surface area contributed by atoms with E-state index in [1.54, 1.807) is 7.11 Å². The molecule has 0 bridgehead atoms. The van der Waals surface area contributed by atoms with E-state index in [4.69, 9.17) is 4.74 Å². The van der Waals surface area contributed by atoms with Crippen LogP contribution in [0.3, 0.4) is 0 Å². The molecule has 0 amide bonds. The van der Waals surface area contributed by atoms with Crippen LogP contribution >= 0.6 is 0 Å². The standard InChI is InChI=1S/C16H24O2/c1-4-6-7-13(5-2)12-16(17)14-8-10-15(18-3)11-9-14/h8-11,13H,4-7,12H2,1-3H3. The van der Waals surface area contributed by atoms with E-state index >= 15 is 0 Å². The highest BCUT2D eigenvalue weighted by Gasteiger charge is 2.13. The summed E-state index contributed by atoms with van der Waals surface area (Å²) in [4.78, 5) is 12.1. The minimum absolute atomic E-state index is 0.251. The van der Waals surface area contributed by atoms with Crippen LogP contribution in [0, 0.1) is 5.92 Å². The van der Waals surface area contributed by atoms with Crippen LogP contribution in [0.15, 0.2) is 24.3 Å². The summed E-state index contributed by atoms with van der Waals surface area (Å²) in [7, 11) is 1.63. The second-order valence-corrected chi connectivity index (χ2v) is 4.77. The minimum atomic E-state index is 0.251. The Labute approximate surface area is 110 Å². The highest BCUT2D eigenvalue weighted by molar-refractivity contribution is 5.96. The molecule has 1 atom stereocenters. The Morgan fingerprint density at radius 1 is 1.22 bits per heavy atom. The van der Waals surface area contributed by atoms with Gasteiger partial charge in [-0.05, 0) is 30.2 Å². The van der Waals surface area contributed by atoms with E-state index < -0.39 is 0 Å². The van der Waals surface area contributed by atoms with Crippen molar-refractivity contribution in [1.82, 2.24) is 0 Å². The zero-order chi connectivity index (χ0) is 13.4. The quantitative estimate of drug-likeness (QED) is 0.634. The molecule has 0 aliphatic carbocycles. The topological polar surface area (TPSA) is 26.3 Å². The first-order valence-electron chi connectivity index (χ1n) is 6.88. The second-order valence-electron chi connectivity index (χ2n) is 4.77. The summed E-state index contributed by atoms with van der Waals surface area (Å²) in [6, 6.07) is 7.40. The van der Waals surface area contributed by atoms with Gasteiger partial charge < -0.3 is 4.74 Å². The van der Waals surface area contributed by atoms with Crippen molar-refractivity contribution >= 4 is 5.78 Å². The van der Waals surface area contributed by atoms with Gasteiger partial charge in [-0.2, -0.15) is 0 Å². The van der Waals surface area contributed by atoms with Crippen LogP contribution in [0.5, 0.6) is 5.75 Å². The van der Waals surface area contributed by atoms with Crippen molar-refractivity contribution in [2.75, 3.05) is 7.11 Å². The summed E-state index contributed by atoms with van der Waals surface area (Å²) in [5.41, 5.74) is 0.797. The predicted molar refractivity (Wildman–Crippen MR) is 75.2 cm³/mol. The highest BCUT2D eigenvalue weighted by Crippen LogP contribution is 2.20. The number of rotatable bonds is 8. The molecule has 1 unspecified atom stereocenters. The van der Waals surface area contributed by atoms with E-state index in [2.05, 4.69) is 13.8 Å². The van der Waals surface area contributed by atoms with Crippen LogP contribution in [0.2, 0.25) is 0 Å². The van der Waals surface area contributed by atoms with Crippen LogP contribution in [0.4, 0.5) is 0 Å². The number of methoxy groups -OCH3 is 1. The van der Waals surface area contributed by atoms with Gasteiger partial charge in [-0.1, -0.05) is 39.5 Å². The van der Waals surface area contributed by atoms with Crippen molar-refractivity contribution < 1.29 is 9.53 Å². The average molecular weight is 248 g/mol. The summed E-state index contributed by atoms with van der Waals surface area (Å²) in [6.45, 7) is 4.36. The summed E-state index contributed by atoms with van der Waals surface area (Å²) >= 11 is 0. The number of Topliss-reactive ketones (excluding diaryl/α,β-unsaturated/α-hetero) is 1. The molecule has 1 rings (SSSR count). The van der Waals surface area contributed by atoms with Gasteiger partial charge >= 0.3 is 0 Å². The van der Waals surface area contributed by atoms with Crippen molar-refractivity contribution in [3.05, 3.63) is 29.8 Å². The Hall–Kier alpha value is -1.31. The number of ether oxygens (including phenoxy) is 1. The van der Waals surface area contributed by atoms with Crippen LogP contribution in [0.25, 0.3) is 0 Å². The van der Waals surface area contributed by atoms with Gasteiger partial charge in [0.25, 0.3) is 0 Å². The third-order valence-corrected chi connectivity index (χ3v) is 3.43. The third-order valence-electron chi connectivity index (χ3n) is 3.43. The van der Waals surface area contributed by atoms with Crippen LogP contribution in [-0.2, 0) is 0 Å². The van der Waals surface area contributed by atoms with E-state index in [1.807, 2.05) is 24.3 Å². The molecule has 0 fully saturated rings. The van der Waals surface area contributed by atoms with Crippen molar-refractivity contribution in [3.63, 3.8) is 0 Å². The first kappa shape index (κ1) is 14.7. The van der Waals surface area contributed by atoms with E-state index in [-0.39, 0.29) is 5.78 Å². The first-order chi connectivity index (χ1) is 8.71. The SMILES string of the molecule is CCCCC(CC)CC(=O)c1ccc(OC)cc1.